The second kappa shape index (κ2) is 11.8. The Labute approximate surface area is 296 Å². The number of fused-ring (bicyclic) bond motifs is 6. The number of benzene rings is 6. The second-order valence-corrected chi connectivity index (χ2v) is 12.6. The molecule has 2 nitrogen and oxygen atoms in total. The van der Waals surface area contributed by atoms with E-state index in [0.717, 1.165) is 63.7 Å². The monoisotopic (exact) mass is 756 g/mol. The van der Waals surface area contributed by atoms with E-state index in [1.54, 1.807) is 0 Å². The minimum atomic E-state index is -5.25. The third-order valence-electron chi connectivity index (χ3n) is 9.39. The van der Waals surface area contributed by atoms with E-state index in [0.29, 0.717) is 12.1 Å². The fraction of sp³-hybridized carbons (Fsp3) is 0.100. The van der Waals surface area contributed by atoms with E-state index in [2.05, 4.69) is 0 Å². The van der Waals surface area contributed by atoms with Crippen LogP contribution in [0.4, 0.5) is 52.7 Å². The Morgan fingerprint density at radius 3 is 1.15 bits per heavy atom. The van der Waals surface area contributed by atoms with Gasteiger partial charge in [-0.15, -0.1) is 0 Å². The molecule has 0 aliphatic carbocycles. The Bertz CT molecular complexity index is 2620. The van der Waals surface area contributed by atoms with E-state index in [9.17, 15) is 39.5 Å². The predicted octanol–water partition coefficient (Wildman–Crippen LogP) is 13.6. The highest BCUT2D eigenvalue weighted by Gasteiger charge is 2.40. The molecule has 14 heteroatoms. The van der Waals surface area contributed by atoms with Gasteiger partial charge in [0.1, 0.15) is 5.56 Å². The molecule has 0 spiro atoms. The predicted molar refractivity (Wildman–Crippen MR) is 181 cm³/mol. The number of alkyl halides is 12. The van der Waals surface area contributed by atoms with Crippen molar-refractivity contribution in [2.45, 2.75) is 24.7 Å². The molecule has 0 amide bonds. The van der Waals surface area contributed by atoms with Crippen LogP contribution in [0.1, 0.15) is 22.3 Å². The summed E-state index contributed by atoms with van der Waals surface area (Å²) in [5.74, 6) is 0. The zero-order valence-corrected chi connectivity index (χ0v) is 27.0. The number of hydrogen-bond donors (Lipinski definition) is 0. The summed E-state index contributed by atoms with van der Waals surface area (Å²) in [6.45, 7) is 0. The summed E-state index contributed by atoms with van der Waals surface area (Å²) in [6, 6.07) is 22.6. The zero-order chi connectivity index (χ0) is 38.5. The molecule has 0 fully saturated rings. The van der Waals surface area contributed by atoms with Gasteiger partial charge in [-0.05, 0) is 83.9 Å². The van der Waals surface area contributed by atoms with Crippen LogP contribution in [0.25, 0.3) is 66.1 Å². The van der Waals surface area contributed by atoms with Gasteiger partial charge in [-0.25, -0.2) is 0 Å². The maximum Gasteiger partial charge on any atom is 0.420 e. The average Bonchev–Trinajstić information content (AvgIpc) is 3.62. The van der Waals surface area contributed by atoms with E-state index in [1.807, 2.05) is 0 Å². The highest BCUT2D eigenvalue weighted by atomic mass is 19.4. The SMILES string of the molecule is FC(F)(F)c1cccc(-c2cc(-n3c4ccccc4c4cc(C(F)(F)F)ccc43)c(C(F)(F)F)c(-n3c4ccccc4c4cc(C(F)(F)F)ccc43)c2)c1. The van der Waals surface area contributed by atoms with Crippen LogP contribution in [0.5, 0.6) is 0 Å². The number of hydrogen-bond acceptors (Lipinski definition) is 0. The summed E-state index contributed by atoms with van der Waals surface area (Å²) < 4.78 is 175. The minimum absolute atomic E-state index is 0.0453. The number of nitrogens with zero attached hydrogens (tertiary/aromatic N) is 2. The van der Waals surface area contributed by atoms with E-state index >= 15 is 13.2 Å². The molecule has 0 aliphatic rings. The number of aromatic nitrogens is 2. The van der Waals surface area contributed by atoms with Crippen LogP contribution in [0.2, 0.25) is 0 Å². The van der Waals surface area contributed by atoms with Crippen LogP contribution in [-0.2, 0) is 24.7 Å². The summed E-state index contributed by atoms with van der Waals surface area (Å²) in [4.78, 5) is 0. The standard InChI is InChI=1S/C40H20F12N2/c41-37(42,43)23-7-5-6-21(16-23)22-17-34(53-30-10-3-1-8-26(30)28-19-24(38(44,45)46)12-14-32(28)53)36(40(50,51)52)35(18-22)54-31-11-4-2-9-27(31)29-20-25(39(47,48)49)13-15-33(29)54/h1-20H. The van der Waals surface area contributed by atoms with Crippen molar-refractivity contribution in [3.8, 4) is 22.5 Å². The fourth-order valence-corrected chi connectivity index (χ4v) is 7.11. The van der Waals surface area contributed by atoms with Gasteiger partial charge in [0.25, 0.3) is 0 Å². The molecule has 0 aliphatic heterocycles. The zero-order valence-electron chi connectivity index (χ0n) is 27.0. The minimum Gasteiger partial charge on any atom is -0.309 e. The highest BCUT2D eigenvalue weighted by molar-refractivity contribution is 6.11. The highest BCUT2D eigenvalue weighted by Crippen LogP contribution is 2.47. The van der Waals surface area contributed by atoms with E-state index < -0.39 is 58.3 Å². The van der Waals surface area contributed by atoms with Crippen LogP contribution in [0, 0.1) is 0 Å². The van der Waals surface area contributed by atoms with Crippen molar-refractivity contribution in [2.75, 3.05) is 0 Å². The molecule has 0 saturated carbocycles. The lowest BCUT2D eigenvalue weighted by Gasteiger charge is -2.23. The van der Waals surface area contributed by atoms with Gasteiger partial charge in [0.05, 0.1) is 50.1 Å². The van der Waals surface area contributed by atoms with E-state index in [1.165, 1.54) is 54.6 Å². The summed E-state index contributed by atoms with van der Waals surface area (Å²) in [6.07, 6.45) is -19.7. The number of rotatable bonds is 3. The molecule has 2 aromatic heterocycles. The maximum absolute atomic E-state index is 15.8. The van der Waals surface area contributed by atoms with Crippen molar-refractivity contribution in [3.63, 3.8) is 0 Å². The smallest absolute Gasteiger partial charge is 0.309 e. The molecular weight excluding hydrogens is 736 g/mol. The molecule has 0 saturated heterocycles. The van der Waals surface area contributed by atoms with Gasteiger partial charge >= 0.3 is 24.7 Å². The third-order valence-corrected chi connectivity index (χ3v) is 9.39. The molecule has 2 heterocycles. The Balaban J connectivity index is 1.57. The van der Waals surface area contributed by atoms with Crippen molar-refractivity contribution in [2.24, 2.45) is 0 Å². The van der Waals surface area contributed by atoms with Gasteiger partial charge in [-0.2, -0.15) is 52.7 Å². The third kappa shape index (κ3) is 5.71. The molecule has 6 aromatic carbocycles. The van der Waals surface area contributed by atoms with E-state index in [-0.39, 0.29) is 54.7 Å². The summed E-state index contributed by atoms with van der Waals surface area (Å²) >= 11 is 0. The van der Waals surface area contributed by atoms with Crippen molar-refractivity contribution in [3.05, 3.63) is 144 Å². The maximum atomic E-state index is 15.8. The first-order valence-corrected chi connectivity index (χ1v) is 16.0. The fourth-order valence-electron chi connectivity index (χ4n) is 7.11. The van der Waals surface area contributed by atoms with Crippen molar-refractivity contribution < 1.29 is 52.7 Å². The van der Waals surface area contributed by atoms with Crippen molar-refractivity contribution >= 4 is 43.6 Å². The Kier molecular flexibility index (Phi) is 7.67. The topological polar surface area (TPSA) is 9.86 Å². The van der Waals surface area contributed by atoms with Crippen LogP contribution in [0.15, 0.2) is 121 Å². The van der Waals surface area contributed by atoms with Crippen LogP contribution in [-0.4, -0.2) is 9.13 Å². The van der Waals surface area contributed by atoms with Gasteiger partial charge < -0.3 is 9.13 Å². The van der Waals surface area contributed by atoms with Gasteiger partial charge in [-0.3, -0.25) is 0 Å². The molecule has 0 unspecified atom stereocenters. The Morgan fingerprint density at radius 1 is 0.315 bits per heavy atom. The summed E-state index contributed by atoms with van der Waals surface area (Å²) in [7, 11) is 0. The van der Waals surface area contributed by atoms with Crippen molar-refractivity contribution in [1.29, 1.82) is 0 Å². The first kappa shape index (κ1) is 35.1. The lowest BCUT2D eigenvalue weighted by atomic mass is 9.97. The molecular formula is C40H20F12N2. The number of halogens is 12. The quantitative estimate of drug-likeness (QED) is 0.159. The Morgan fingerprint density at radius 2 is 0.722 bits per heavy atom. The molecule has 274 valence electrons. The molecule has 0 N–H and O–H groups in total. The van der Waals surface area contributed by atoms with Crippen LogP contribution in [0.3, 0.4) is 0 Å². The summed E-state index contributed by atoms with van der Waals surface area (Å²) in [5, 5.41) is 0.232. The lowest BCUT2D eigenvalue weighted by Crippen LogP contribution is -2.16. The lowest BCUT2D eigenvalue weighted by molar-refractivity contribution is -0.138. The van der Waals surface area contributed by atoms with E-state index in [4.69, 9.17) is 0 Å². The molecule has 0 atom stereocenters. The van der Waals surface area contributed by atoms with Gasteiger partial charge in [0, 0.05) is 21.5 Å². The van der Waals surface area contributed by atoms with Gasteiger partial charge in [0.15, 0.2) is 0 Å². The number of para-hydroxylation sites is 2. The van der Waals surface area contributed by atoms with Crippen LogP contribution >= 0.6 is 0 Å². The average molecular weight is 757 g/mol. The van der Waals surface area contributed by atoms with Crippen molar-refractivity contribution in [1.82, 2.24) is 9.13 Å². The molecule has 8 aromatic rings. The normalized spacial score (nSPS) is 13.2. The van der Waals surface area contributed by atoms with Gasteiger partial charge in [-0.1, -0.05) is 48.5 Å². The first-order valence-electron chi connectivity index (χ1n) is 16.0. The largest absolute Gasteiger partial charge is 0.420 e. The second-order valence-electron chi connectivity index (χ2n) is 12.6. The molecule has 0 radical (unpaired) electrons. The molecule has 8 rings (SSSR count). The Hall–Kier alpha value is -5.92. The first-order chi connectivity index (χ1) is 25.3. The molecule has 0 bridgehead atoms. The van der Waals surface area contributed by atoms with Crippen LogP contribution < -0.4 is 0 Å². The molecule has 54 heavy (non-hydrogen) atoms. The van der Waals surface area contributed by atoms with Gasteiger partial charge in [0.2, 0.25) is 0 Å². The summed E-state index contributed by atoms with van der Waals surface area (Å²) in [5.41, 5.74) is -6.17.